The fraction of sp³-hybridized carbons (Fsp3) is 0.424. The Morgan fingerprint density at radius 3 is 2.35 bits per heavy atom. The average molecular weight is 549 g/mol. The van der Waals surface area contributed by atoms with Crippen LogP contribution < -0.4 is 9.47 Å². The number of esters is 1. The number of methoxy groups -OCH3 is 1. The van der Waals surface area contributed by atoms with Crippen molar-refractivity contribution in [2.24, 2.45) is 0 Å². The van der Waals surface area contributed by atoms with Crippen LogP contribution in [0.5, 0.6) is 11.5 Å². The van der Waals surface area contributed by atoms with Gasteiger partial charge >= 0.3 is 5.97 Å². The second-order valence-corrected chi connectivity index (χ2v) is 10.5. The third-order valence-electron chi connectivity index (χ3n) is 6.83. The quantitative estimate of drug-likeness (QED) is 0.233. The monoisotopic (exact) mass is 548 g/mol. The Balaban J connectivity index is 1.39. The van der Waals surface area contributed by atoms with Crippen molar-refractivity contribution in [3.05, 3.63) is 82.9 Å². The van der Waals surface area contributed by atoms with E-state index in [1.165, 1.54) is 12.7 Å². The van der Waals surface area contributed by atoms with E-state index >= 15 is 0 Å². The van der Waals surface area contributed by atoms with Crippen molar-refractivity contribution in [3.8, 4) is 22.6 Å². The van der Waals surface area contributed by atoms with Crippen LogP contribution in [0.25, 0.3) is 11.1 Å². The summed E-state index contributed by atoms with van der Waals surface area (Å²) in [5, 5.41) is 0. The van der Waals surface area contributed by atoms with Crippen LogP contribution in [0.15, 0.2) is 60.7 Å². The largest absolute Gasteiger partial charge is 0.491 e. The molecule has 7 nitrogen and oxygen atoms in total. The molecule has 2 atom stereocenters. The first-order valence-corrected chi connectivity index (χ1v) is 13.7. The van der Waals surface area contributed by atoms with Gasteiger partial charge in [0.15, 0.2) is 5.79 Å². The summed E-state index contributed by atoms with van der Waals surface area (Å²) in [6.07, 6.45) is -0.247. The summed E-state index contributed by atoms with van der Waals surface area (Å²) in [5.41, 5.74) is 6.58. The normalized spacial score (nSPS) is 16.9. The molecule has 1 fully saturated rings. The summed E-state index contributed by atoms with van der Waals surface area (Å²) in [5.74, 6) is 0.717. The first-order valence-electron chi connectivity index (χ1n) is 13.7. The van der Waals surface area contributed by atoms with Crippen molar-refractivity contribution in [2.75, 3.05) is 26.9 Å². The fourth-order valence-electron chi connectivity index (χ4n) is 4.97. The lowest BCUT2D eigenvalue weighted by atomic mass is 9.94. The molecule has 0 amide bonds. The molecule has 0 spiro atoms. The molecule has 0 aliphatic carbocycles. The maximum Gasteiger partial charge on any atom is 0.308 e. The van der Waals surface area contributed by atoms with Crippen molar-refractivity contribution < 1.29 is 33.2 Å². The Kier molecular flexibility index (Phi) is 9.85. The molecule has 4 rings (SSSR count). The van der Waals surface area contributed by atoms with Crippen LogP contribution in [0, 0.1) is 13.8 Å². The second kappa shape index (κ2) is 13.3. The molecule has 0 saturated carbocycles. The summed E-state index contributed by atoms with van der Waals surface area (Å²) in [6.45, 7) is 11.9. The average Bonchev–Trinajstić information content (AvgIpc) is 3.29. The van der Waals surface area contributed by atoms with Gasteiger partial charge in [-0.3, -0.25) is 4.79 Å². The zero-order valence-corrected chi connectivity index (χ0v) is 24.3. The van der Waals surface area contributed by atoms with E-state index in [4.69, 9.17) is 28.4 Å². The van der Waals surface area contributed by atoms with Crippen molar-refractivity contribution in [2.45, 2.75) is 65.6 Å². The number of carbonyl (C=O) groups excluding carboxylic acids is 1. The van der Waals surface area contributed by atoms with Crippen molar-refractivity contribution >= 4 is 5.97 Å². The molecular formula is C33H40O7. The smallest absolute Gasteiger partial charge is 0.308 e. The summed E-state index contributed by atoms with van der Waals surface area (Å²) >= 11 is 0. The number of ether oxygens (including phenoxy) is 6. The molecule has 0 bridgehead atoms. The molecule has 3 aromatic carbocycles. The van der Waals surface area contributed by atoms with Crippen molar-refractivity contribution in [3.63, 3.8) is 0 Å². The molecule has 1 heterocycles. The highest BCUT2D eigenvalue weighted by atomic mass is 16.7. The topological polar surface area (TPSA) is 72.5 Å². The summed E-state index contributed by atoms with van der Waals surface area (Å²) in [7, 11) is 1.38. The zero-order valence-electron chi connectivity index (χ0n) is 24.3. The minimum absolute atomic E-state index is 0.0749. The summed E-state index contributed by atoms with van der Waals surface area (Å²) in [4.78, 5) is 11.7. The fourth-order valence-corrected chi connectivity index (χ4v) is 4.97. The summed E-state index contributed by atoms with van der Waals surface area (Å²) < 4.78 is 34.2. The van der Waals surface area contributed by atoms with Gasteiger partial charge in [0.1, 0.15) is 30.8 Å². The highest BCUT2D eigenvalue weighted by Crippen LogP contribution is 2.32. The molecule has 40 heavy (non-hydrogen) atoms. The maximum atomic E-state index is 11.7. The van der Waals surface area contributed by atoms with Gasteiger partial charge in [0.2, 0.25) is 0 Å². The van der Waals surface area contributed by atoms with E-state index in [1.807, 2.05) is 45.0 Å². The van der Waals surface area contributed by atoms with Crippen LogP contribution in [0.3, 0.4) is 0 Å². The van der Waals surface area contributed by atoms with Gasteiger partial charge in [-0.1, -0.05) is 30.3 Å². The molecule has 1 aliphatic heterocycles. The number of carbonyl (C=O) groups is 1. The Labute approximate surface area is 237 Å². The van der Waals surface area contributed by atoms with Gasteiger partial charge in [-0.15, -0.1) is 0 Å². The number of hydrogen-bond donors (Lipinski definition) is 0. The maximum absolute atomic E-state index is 11.7. The van der Waals surface area contributed by atoms with Gasteiger partial charge in [0.25, 0.3) is 0 Å². The van der Waals surface area contributed by atoms with Crippen LogP contribution in [-0.4, -0.2) is 44.8 Å². The molecule has 0 aromatic heterocycles. The highest BCUT2D eigenvalue weighted by molar-refractivity contribution is 5.72. The Bertz CT molecular complexity index is 1260. The lowest BCUT2D eigenvalue weighted by molar-refractivity contribution is -0.144. The minimum atomic E-state index is -0.555. The Morgan fingerprint density at radius 2 is 1.73 bits per heavy atom. The van der Waals surface area contributed by atoms with Gasteiger partial charge in [-0.25, -0.2) is 0 Å². The molecule has 1 saturated heterocycles. The van der Waals surface area contributed by atoms with E-state index in [2.05, 4.69) is 50.2 Å². The molecule has 3 aromatic rings. The van der Waals surface area contributed by atoms with E-state index < -0.39 is 5.79 Å². The SMILES string of the molecule is CCO[C@@H](CC(=O)OC)c1ccc(OCc2cccc(-c3c(C)cc(OC[C@@H]4COC(C)(C)O4)cc3C)c2)cc1. The first-order chi connectivity index (χ1) is 19.2. The van der Waals surface area contributed by atoms with Crippen molar-refractivity contribution in [1.29, 1.82) is 0 Å². The second-order valence-electron chi connectivity index (χ2n) is 10.5. The Morgan fingerprint density at radius 1 is 1.00 bits per heavy atom. The van der Waals surface area contributed by atoms with Gasteiger partial charge in [-0.2, -0.15) is 0 Å². The lowest BCUT2D eigenvalue weighted by Crippen LogP contribution is -2.25. The van der Waals surface area contributed by atoms with Gasteiger partial charge in [0, 0.05) is 6.61 Å². The van der Waals surface area contributed by atoms with E-state index in [0.717, 1.165) is 39.3 Å². The van der Waals surface area contributed by atoms with E-state index in [-0.39, 0.29) is 24.6 Å². The third-order valence-corrected chi connectivity index (χ3v) is 6.83. The van der Waals surface area contributed by atoms with E-state index in [1.54, 1.807) is 0 Å². The van der Waals surface area contributed by atoms with Crippen LogP contribution in [0.2, 0.25) is 0 Å². The number of rotatable bonds is 12. The minimum Gasteiger partial charge on any atom is -0.491 e. The molecule has 0 N–H and O–H groups in total. The summed E-state index contributed by atoms with van der Waals surface area (Å²) in [6, 6.07) is 20.2. The lowest BCUT2D eigenvalue weighted by Gasteiger charge is -2.18. The zero-order chi connectivity index (χ0) is 28.7. The molecule has 0 unspecified atom stereocenters. The van der Waals surface area contributed by atoms with Crippen LogP contribution in [0.4, 0.5) is 0 Å². The molecule has 7 heteroatoms. The van der Waals surface area contributed by atoms with Crippen LogP contribution in [0.1, 0.15) is 55.5 Å². The highest BCUT2D eigenvalue weighted by Gasteiger charge is 2.33. The molecule has 0 radical (unpaired) electrons. The van der Waals surface area contributed by atoms with Gasteiger partial charge in [-0.05, 0) is 98.3 Å². The predicted octanol–water partition coefficient (Wildman–Crippen LogP) is 6.72. The Hall–Kier alpha value is -3.39. The van der Waals surface area contributed by atoms with E-state index in [0.29, 0.717) is 26.4 Å². The van der Waals surface area contributed by atoms with Crippen LogP contribution >= 0.6 is 0 Å². The van der Waals surface area contributed by atoms with Crippen LogP contribution in [-0.2, 0) is 30.3 Å². The third kappa shape index (κ3) is 7.84. The van der Waals surface area contributed by atoms with Gasteiger partial charge in [0.05, 0.1) is 26.2 Å². The van der Waals surface area contributed by atoms with E-state index in [9.17, 15) is 4.79 Å². The molecule has 214 valence electrons. The van der Waals surface area contributed by atoms with Gasteiger partial charge < -0.3 is 28.4 Å². The predicted molar refractivity (Wildman–Crippen MR) is 154 cm³/mol. The van der Waals surface area contributed by atoms with Crippen molar-refractivity contribution in [1.82, 2.24) is 0 Å². The molecule has 1 aliphatic rings. The number of hydrogen-bond acceptors (Lipinski definition) is 7. The first kappa shape index (κ1) is 29.6. The number of benzene rings is 3. The number of aryl methyl sites for hydroxylation is 2. The standard InChI is InChI=1S/C33H40O7/c1-7-36-30(18-31(34)35-6)25-11-13-27(14-12-25)37-19-24-9-8-10-26(17-24)32-22(2)15-28(16-23(32)3)38-20-29-21-39-33(4,5)40-29/h8-17,29-30H,7,18-21H2,1-6H3/t29-,30+/m1/s1. The molecular weight excluding hydrogens is 508 g/mol.